The average Bonchev–Trinajstić information content (AvgIpc) is 2.29. The van der Waals surface area contributed by atoms with Crippen LogP contribution in [0.25, 0.3) is 0 Å². The molecule has 0 saturated carbocycles. The second-order valence-corrected chi connectivity index (χ2v) is 4.25. The molecule has 4 heteroatoms. The van der Waals surface area contributed by atoms with Gasteiger partial charge in [-0.2, -0.15) is 0 Å². The Labute approximate surface area is 104 Å². The predicted octanol–water partition coefficient (Wildman–Crippen LogP) is 4.11. The van der Waals surface area contributed by atoms with Crippen molar-refractivity contribution in [3.05, 3.63) is 52.8 Å². The summed E-state index contributed by atoms with van der Waals surface area (Å²) in [5.41, 5.74) is 8.69. The second-order valence-electron chi connectivity index (χ2n) is 3.84. The molecule has 0 radical (unpaired) electrons. The van der Waals surface area contributed by atoms with Crippen LogP contribution in [0.15, 0.2) is 36.4 Å². The summed E-state index contributed by atoms with van der Waals surface area (Å²) in [6.45, 7) is 2.00. The Bertz CT molecular complexity index is 538. The number of benzene rings is 2. The topological polar surface area (TPSA) is 38.0 Å². The number of halogens is 2. The monoisotopic (exact) mass is 250 g/mol. The summed E-state index contributed by atoms with van der Waals surface area (Å²) < 4.78 is 13.3. The molecule has 0 amide bonds. The molecule has 2 aromatic carbocycles. The largest absolute Gasteiger partial charge is 0.397 e. The number of rotatable bonds is 2. The number of anilines is 3. The van der Waals surface area contributed by atoms with Crippen molar-refractivity contribution in [2.24, 2.45) is 0 Å². The number of hydrogen-bond acceptors (Lipinski definition) is 2. The van der Waals surface area contributed by atoms with E-state index in [0.717, 1.165) is 11.3 Å². The van der Waals surface area contributed by atoms with E-state index < -0.39 is 5.82 Å². The minimum atomic E-state index is -0.490. The Morgan fingerprint density at radius 3 is 2.47 bits per heavy atom. The van der Waals surface area contributed by atoms with Crippen LogP contribution in [0.3, 0.4) is 0 Å². The van der Waals surface area contributed by atoms with Crippen molar-refractivity contribution in [1.29, 1.82) is 0 Å². The molecule has 0 bridgehead atoms. The van der Waals surface area contributed by atoms with Crippen LogP contribution in [0.1, 0.15) is 5.56 Å². The van der Waals surface area contributed by atoms with Crippen LogP contribution in [0.4, 0.5) is 21.5 Å². The van der Waals surface area contributed by atoms with Gasteiger partial charge in [-0.1, -0.05) is 29.3 Å². The van der Waals surface area contributed by atoms with Gasteiger partial charge in [-0.05, 0) is 25.1 Å². The molecule has 2 nitrogen and oxygen atoms in total. The van der Waals surface area contributed by atoms with Gasteiger partial charge in [0.05, 0.1) is 16.4 Å². The first-order valence-corrected chi connectivity index (χ1v) is 5.52. The molecule has 3 N–H and O–H groups in total. The Morgan fingerprint density at radius 2 is 1.82 bits per heavy atom. The molecule has 0 aliphatic heterocycles. The van der Waals surface area contributed by atoms with Crippen LogP contribution in [0, 0.1) is 12.7 Å². The molecule has 0 aliphatic carbocycles. The summed E-state index contributed by atoms with van der Waals surface area (Å²) in [7, 11) is 0. The summed E-state index contributed by atoms with van der Waals surface area (Å²) >= 11 is 5.63. The van der Waals surface area contributed by atoms with E-state index in [2.05, 4.69) is 5.32 Å². The Hall–Kier alpha value is -1.74. The summed E-state index contributed by atoms with van der Waals surface area (Å²) in [6, 6.07) is 10.4. The molecule has 0 aromatic heterocycles. The molecule has 88 valence electrons. The fourth-order valence-electron chi connectivity index (χ4n) is 1.46. The van der Waals surface area contributed by atoms with Crippen LogP contribution in [0.2, 0.25) is 5.02 Å². The molecule has 2 rings (SSSR count). The maximum absolute atomic E-state index is 13.3. The number of nitrogen functional groups attached to an aromatic ring is 1. The SMILES string of the molecule is Cc1ccc(Nc2cc(F)c(Cl)cc2N)cc1. The van der Waals surface area contributed by atoms with Gasteiger partial charge in [0.15, 0.2) is 0 Å². The smallest absolute Gasteiger partial charge is 0.144 e. The first-order valence-electron chi connectivity index (χ1n) is 5.14. The van der Waals surface area contributed by atoms with Gasteiger partial charge in [-0.15, -0.1) is 0 Å². The third-order valence-electron chi connectivity index (χ3n) is 2.42. The van der Waals surface area contributed by atoms with Crippen LogP contribution in [-0.2, 0) is 0 Å². The summed E-state index contributed by atoms with van der Waals surface area (Å²) in [5.74, 6) is -0.490. The number of nitrogens with two attached hydrogens (primary N) is 1. The normalized spacial score (nSPS) is 10.3. The van der Waals surface area contributed by atoms with E-state index in [-0.39, 0.29) is 5.02 Å². The van der Waals surface area contributed by atoms with E-state index >= 15 is 0 Å². The first kappa shape index (κ1) is 11.7. The minimum Gasteiger partial charge on any atom is -0.397 e. The molecule has 0 spiro atoms. The fraction of sp³-hybridized carbons (Fsp3) is 0.0769. The molecule has 0 atom stereocenters. The number of aryl methyl sites for hydroxylation is 1. The van der Waals surface area contributed by atoms with Gasteiger partial charge in [0.2, 0.25) is 0 Å². The van der Waals surface area contributed by atoms with Gasteiger partial charge in [-0.25, -0.2) is 4.39 Å². The van der Waals surface area contributed by atoms with Crippen molar-refractivity contribution in [3.63, 3.8) is 0 Å². The van der Waals surface area contributed by atoms with Crippen molar-refractivity contribution in [2.75, 3.05) is 11.1 Å². The van der Waals surface area contributed by atoms with E-state index in [1.54, 1.807) is 0 Å². The fourth-order valence-corrected chi connectivity index (χ4v) is 1.63. The highest BCUT2D eigenvalue weighted by atomic mass is 35.5. The molecular formula is C13H12ClFN2. The molecule has 0 heterocycles. The zero-order valence-corrected chi connectivity index (χ0v) is 10.1. The Balaban J connectivity index is 2.30. The summed E-state index contributed by atoms with van der Waals surface area (Å²) in [4.78, 5) is 0. The van der Waals surface area contributed by atoms with Crippen molar-refractivity contribution in [2.45, 2.75) is 6.92 Å². The van der Waals surface area contributed by atoms with E-state index in [0.29, 0.717) is 11.4 Å². The lowest BCUT2D eigenvalue weighted by atomic mass is 10.2. The Morgan fingerprint density at radius 1 is 1.18 bits per heavy atom. The number of nitrogens with one attached hydrogen (secondary N) is 1. The minimum absolute atomic E-state index is 0.0250. The number of hydrogen-bond donors (Lipinski definition) is 2. The van der Waals surface area contributed by atoms with Gasteiger partial charge in [0, 0.05) is 11.8 Å². The third-order valence-corrected chi connectivity index (χ3v) is 2.71. The van der Waals surface area contributed by atoms with E-state index in [4.69, 9.17) is 17.3 Å². The van der Waals surface area contributed by atoms with Crippen molar-refractivity contribution in [3.8, 4) is 0 Å². The van der Waals surface area contributed by atoms with E-state index in [9.17, 15) is 4.39 Å². The Kier molecular flexibility index (Phi) is 3.20. The standard InChI is InChI=1S/C13H12ClFN2/c1-8-2-4-9(5-3-8)17-13-7-11(15)10(14)6-12(13)16/h2-7,17H,16H2,1H3. The maximum atomic E-state index is 13.3. The highest BCUT2D eigenvalue weighted by molar-refractivity contribution is 6.31. The lowest BCUT2D eigenvalue weighted by Crippen LogP contribution is -1.97. The second kappa shape index (κ2) is 4.63. The van der Waals surface area contributed by atoms with Gasteiger partial charge in [0.25, 0.3) is 0 Å². The van der Waals surface area contributed by atoms with Gasteiger partial charge < -0.3 is 11.1 Å². The lowest BCUT2D eigenvalue weighted by molar-refractivity contribution is 0.629. The van der Waals surface area contributed by atoms with Crippen LogP contribution in [0.5, 0.6) is 0 Å². The third kappa shape index (κ3) is 2.68. The average molecular weight is 251 g/mol. The molecule has 17 heavy (non-hydrogen) atoms. The van der Waals surface area contributed by atoms with Gasteiger partial charge in [-0.3, -0.25) is 0 Å². The molecule has 0 unspecified atom stereocenters. The van der Waals surface area contributed by atoms with Gasteiger partial charge in [0.1, 0.15) is 5.82 Å². The van der Waals surface area contributed by atoms with E-state index in [1.807, 2.05) is 31.2 Å². The zero-order valence-electron chi connectivity index (χ0n) is 9.30. The van der Waals surface area contributed by atoms with Crippen molar-refractivity contribution >= 4 is 28.7 Å². The van der Waals surface area contributed by atoms with Crippen LogP contribution < -0.4 is 11.1 Å². The highest BCUT2D eigenvalue weighted by Crippen LogP contribution is 2.28. The van der Waals surface area contributed by atoms with Crippen molar-refractivity contribution in [1.82, 2.24) is 0 Å². The summed E-state index contributed by atoms with van der Waals surface area (Å²) in [5, 5.41) is 3.07. The molecular weight excluding hydrogens is 239 g/mol. The van der Waals surface area contributed by atoms with E-state index in [1.165, 1.54) is 12.1 Å². The molecule has 0 saturated heterocycles. The maximum Gasteiger partial charge on any atom is 0.144 e. The summed E-state index contributed by atoms with van der Waals surface area (Å²) in [6.07, 6.45) is 0. The van der Waals surface area contributed by atoms with Gasteiger partial charge >= 0.3 is 0 Å². The quantitative estimate of drug-likeness (QED) is 0.787. The zero-order chi connectivity index (χ0) is 12.4. The molecule has 0 fully saturated rings. The van der Waals surface area contributed by atoms with Crippen molar-refractivity contribution < 1.29 is 4.39 Å². The molecule has 2 aromatic rings. The van der Waals surface area contributed by atoms with Crippen LogP contribution in [-0.4, -0.2) is 0 Å². The lowest BCUT2D eigenvalue weighted by Gasteiger charge is -2.10. The predicted molar refractivity (Wildman–Crippen MR) is 70.3 cm³/mol. The van der Waals surface area contributed by atoms with Crippen LogP contribution >= 0.6 is 11.6 Å². The first-order chi connectivity index (χ1) is 8.06. The molecule has 0 aliphatic rings. The highest BCUT2D eigenvalue weighted by Gasteiger charge is 2.06.